The van der Waals surface area contributed by atoms with E-state index >= 15 is 0 Å². The number of hydrogen-bond acceptors (Lipinski definition) is 6. The van der Waals surface area contributed by atoms with E-state index in [1.165, 1.54) is 12.0 Å². The molecular weight excluding hydrogens is 441 g/mol. The lowest BCUT2D eigenvalue weighted by atomic mass is 9.73. The number of amides is 1. The monoisotopic (exact) mass is 485 g/mol. The van der Waals surface area contributed by atoms with Gasteiger partial charge in [-0.3, -0.25) is 4.90 Å². The standard InChI is InChI=1S/C23H44BNO7Si/c1-20(2,3)33(9,10)30-16-23(13-15-25(19(27)28)17(23)18(26)29-8)12-11-14-24-31-21(4,5)22(6,7)32-24/h17H,11-16H2,1-10H3,(H,27,28). The number of ether oxygens (including phenoxy) is 1. The third-order valence-electron chi connectivity index (χ3n) is 8.36. The number of carboxylic acid groups (broad SMARTS) is 1. The van der Waals surface area contributed by atoms with Gasteiger partial charge in [0, 0.05) is 18.6 Å². The Morgan fingerprint density at radius 1 is 1.15 bits per heavy atom. The Bertz CT molecular complexity index is 721. The van der Waals surface area contributed by atoms with Crippen LogP contribution in [0.15, 0.2) is 0 Å². The molecule has 0 spiro atoms. The molecule has 2 saturated heterocycles. The van der Waals surface area contributed by atoms with Crippen LogP contribution in [0.1, 0.15) is 67.7 Å². The normalized spacial score (nSPS) is 27.2. The second-order valence-electron chi connectivity index (χ2n) is 12.1. The van der Waals surface area contributed by atoms with Crippen molar-refractivity contribution < 1.29 is 33.2 Å². The van der Waals surface area contributed by atoms with Gasteiger partial charge in [0.2, 0.25) is 0 Å². The van der Waals surface area contributed by atoms with Crippen molar-refractivity contribution >= 4 is 27.5 Å². The fourth-order valence-electron chi connectivity index (χ4n) is 4.36. The minimum atomic E-state index is -2.11. The zero-order valence-corrected chi connectivity index (χ0v) is 23.2. The van der Waals surface area contributed by atoms with Crippen molar-refractivity contribution in [3.8, 4) is 0 Å². The minimum Gasteiger partial charge on any atom is -0.467 e. The van der Waals surface area contributed by atoms with Gasteiger partial charge in [0.1, 0.15) is 6.04 Å². The lowest BCUT2D eigenvalue weighted by Gasteiger charge is -2.42. The molecule has 2 heterocycles. The van der Waals surface area contributed by atoms with E-state index < -0.39 is 43.0 Å². The maximum Gasteiger partial charge on any atom is 0.457 e. The van der Waals surface area contributed by atoms with Crippen LogP contribution in [-0.4, -0.2) is 75.0 Å². The van der Waals surface area contributed by atoms with Gasteiger partial charge in [-0.25, -0.2) is 9.59 Å². The number of rotatable bonds is 8. The Kier molecular flexibility index (Phi) is 8.11. The summed E-state index contributed by atoms with van der Waals surface area (Å²) < 4.78 is 23.9. The van der Waals surface area contributed by atoms with Crippen LogP contribution in [0, 0.1) is 5.41 Å². The Hall–Kier alpha value is -1.10. The van der Waals surface area contributed by atoms with E-state index in [4.69, 9.17) is 18.5 Å². The SMILES string of the molecule is COC(=O)C1N(C(=O)O)CCC1(CCCB1OC(C)(C)C(C)(C)O1)CO[Si](C)(C)C(C)(C)C. The summed E-state index contributed by atoms with van der Waals surface area (Å²) in [4.78, 5) is 26.0. The third kappa shape index (κ3) is 5.77. The van der Waals surface area contributed by atoms with E-state index in [1.807, 2.05) is 27.7 Å². The van der Waals surface area contributed by atoms with Crippen LogP contribution in [-0.2, 0) is 23.3 Å². The molecule has 1 N–H and O–H groups in total. The number of carbonyl (C=O) groups is 2. The van der Waals surface area contributed by atoms with Crippen LogP contribution in [0.4, 0.5) is 4.79 Å². The first-order chi connectivity index (χ1) is 14.9. The smallest absolute Gasteiger partial charge is 0.457 e. The fourth-order valence-corrected chi connectivity index (χ4v) is 5.45. The molecule has 8 nitrogen and oxygen atoms in total. The Balaban J connectivity index is 2.24. The van der Waals surface area contributed by atoms with Crippen molar-refractivity contribution in [2.45, 2.75) is 109 Å². The summed E-state index contributed by atoms with van der Waals surface area (Å²) in [5, 5.41) is 9.78. The van der Waals surface area contributed by atoms with Crippen LogP contribution < -0.4 is 0 Å². The molecule has 0 radical (unpaired) electrons. The van der Waals surface area contributed by atoms with E-state index in [9.17, 15) is 14.7 Å². The van der Waals surface area contributed by atoms with E-state index in [-0.39, 0.29) is 18.7 Å². The molecule has 1 amide bonds. The molecule has 0 aromatic carbocycles. The van der Waals surface area contributed by atoms with Gasteiger partial charge < -0.3 is 23.6 Å². The average molecular weight is 486 g/mol. The Morgan fingerprint density at radius 3 is 2.15 bits per heavy atom. The van der Waals surface area contributed by atoms with Crippen molar-refractivity contribution in [3.05, 3.63) is 0 Å². The molecule has 10 heteroatoms. The highest BCUT2D eigenvalue weighted by Gasteiger charge is 2.55. The maximum atomic E-state index is 12.8. The maximum absolute atomic E-state index is 12.8. The number of likely N-dealkylation sites (tertiary alicyclic amines) is 1. The molecule has 2 aliphatic heterocycles. The molecule has 0 aromatic rings. The summed E-state index contributed by atoms with van der Waals surface area (Å²) in [5.41, 5.74) is -1.45. The highest BCUT2D eigenvalue weighted by molar-refractivity contribution is 6.74. The number of carbonyl (C=O) groups excluding carboxylic acids is 1. The second kappa shape index (κ2) is 9.51. The zero-order chi connectivity index (χ0) is 25.5. The summed E-state index contributed by atoms with van der Waals surface area (Å²) >= 11 is 0. The summed E-state index contributed by atoms with van der Waals surface area (Å²) in [6.07, 6.45) is 1.45. The molecule has 190 valence electrons. The van der Waals surface area contributed by atoms with Crippen LogP contribution >= 0.6 is 0 Å². The molecule has 0 aromatic heterocycles. The van der Waals surface area contributed by atoms with Crippen LogP contribution in [0.5, 0.6) is 0 Å². The van der Waals surface area contributed by atoms with E-state index in [2.05, 4.69) is 33.9 Å². The van der Waals surface area contributed by atoms with Crippen molar-refractivity contribution in [3.63, 3.8) is 0 Å². The van der Waals surface area contributed by atoms with Crippen molar-refractivity contribution in [1.29, 1.82) is 0 Å². The van der Waals surface area contributed by atoms with Gasteiger partial charge in [-0.1, -0.05) is 27.2 Å². The number of esters is 1. The van der Waals surface area contributed by atoms with Gasteiger partial charge in [0.05, 0.1) is 18.3 Å². The van der Waals surface area contributed by atoms with Crippen molar-refractivity contribution in [2.24, 2.45) is 5.41 Å². The number of methoxy groups -OCH3 is 1. The lowest BCUT2D eigenvalue weighted by molar-refractivity contribution is -0.150. The topological polar surface area (TPSA) is 94.5 Å². The highest BCUT2D eigenvalue weighted by atomic mass is 28.4. The molecular formula is C23H44BNO7Si. The number of nitrogens with zero attached hydrogens (tertiary/aromatic N) is 1. The predicted molar refractivity (Wildman–Crippen MR) is 131 cm³/mol. The molecule has 0 saturated carbocycles. The molecule has 2 unspecified atom stereocenters. The van der Waals surface area contributed by atoms with Crippen LogP contribution in [0.3, 0.4) is 0 Å². The van der Waals surface area contributed by atoms with Gasteiger partial charge in [-0.2, -0.15) is 0 Å². The summed E-state index contributed by atoms with van der Waals surface area (Å²) in [6.45, 7) is 19.5. The highest BCUT2D eigenvalue weighted by Crippen LogP contribution is 2.46. The fraction of sp³-hybridized carbons (Fsp3) is 0.913. The molecule has 2 aliphatic rings. The van der Waals surface area contributed by atoms with Crippen molar-refractivity contribution in [1.82, 2.24) is 4.90 Å². The molecule has 2 rings (SSSR count). The second-order valence-corrected chi connectivity index (χ2v) is 17.0. The summed E-state index contributed by atoms with van der Waals surface area (Å²) in [5.74, 6) is -0.524. The Labute approximate surface area is 200 Å². The number of hydrogen-bond donors (Lipinski definition) is 1. The van der Waals surface area contributed by atoms with E-state index in [0.29, 0.717) is 25.8 Å². The minimum absolute atomic E-state index is 0.00271. The summed E-state index contributed by atoms with van der Waals surface area (Å²) in [6, 6.07) is -0.886. The molecule has 0 aliphatic carbocycles. The first-order valence-corrected chi connectivity index (χ1v) is 14.9. The lowest BCUT2D eigenvalue weighted by Crippen LogP contribution is -2.52. The van der Waals surface area contributed by atoms with E-state index in [0.717, 1.165) is 6.42 Å². The van der Waals surface area contributed by atoms with Gasteiger partial charge in [0.25, 0.3) is 0 Å². The quantitative estimate of drug-likeness (QED) is 0.390. The van der Waals surface area contributed by atoms with Gasteiger partial charge in [0.15, 0.2) is 8.32 Å². The first-order valence-electron chi connectivity index (χ1n) is 12.0. The molecule has 2 atom stereocenters. The Morgan fingerprint density at radius 2 is 1.70 bits per heavy atom. The van der Waals surface area contributed by atoms with Gasteiger partial charge in [-0.15, -0.1) is 0 Å². The third-order valence-corrected chi connectivity index (χ3v) is 12.8. The van der Waals surface area contributed by atoms with E-state index in [1.54, 1.807) is 0 Å². The van der Waals surface area contributed by atoms with Crippen molar-refractivity contribution in [2.75, 3.05) is 20.3 Å². The average Bonchev–Trinajstić information content (AvgIpc) is 3.13. The van der Waals surface area contributed by atoms with Crippen LogP contribution in [0.25, 0.3) is 0 Å². The summed E-state index contributed by atoms with van der Waals surface area (Å²) in [7, 11) is -1.14. The van der Waals surface area contributed by atoms with Crippen LogP contribution in [0.2, 0.25) is 24.5 Å². The van der Waals surface area contributed by atoms with Gasteiger partial charge in [-0.05, 0) is 65.0 Å². The molecule has 2 fully saturated rings. The molecule has 33 heavy (non-hydrogen) atoms. The molecule has 0 bridgehead atoms. The first kappa shape index (κ1) is 28.1. The largest absolute Gasteiger partial charge is 0.467 e. The van der Waals surface area contributed by atoms with Gasteiger partial charge >= 0.3 is 19.2 Å². The predicted octanol–water partition coefficient (Wildman–Crippen LogP) is 4.79. The zero-order valence-electron chi connectivity index (χ0n) is 22.2.